The Labute approximate surface area is 197 Å². The molecule has 166 valence electrons. The Morgan fingerprint density at radius 1 is 1.03 bits per heavy atom. The van der Waals surface area contributed by atoms with Crippen molar-refractivity contribution in [1.29, 1.82) is 0 Å². The monoisotopic (exact) mass is 456 g/mol. The fourth-order valence-corrected chi connectivity index (χ4v) is 3.71. The van der Waals surface area contributed by atoms with Crippen molar-refractivity contribution in [3.63, 3.8) is 0 Å². The molecule has 0 aliphatic heterocycles. The maximum atomic E-state index is 12.4. The van der Waals surface area contributed by atoms with E-state index >= 15 is 0 Å². The third kappa shape index (κ3) is 6.21. The van der Waals surface area contributed by atoms with Gasteiger partial charge in [0.2, 0.25) is 0 Å². The number of pyridine rings is 1. The fourth-order valence-electron chi connectivity index (χ4n) is 3.53. The second-order valence-electron chi connectivity index (χ2n) is 7.88. The molecule has 0 spiro atoms. The number of H-pyrrole nitrogens is 1. The van der Waals surface area contributed by atoms with Gasteiger partial charge in [-0.05, 0) is 50.5 Å². The molecule has 0 radical (unpaired) electrons. The highest BCUT2D eigenvalue weighted by Gasteiger charge is 2.12. The van der Waals surface area contributed by atoms with Crippen LogP contribution in [0.2, 0.25) is 5.02 Å². The number of hydrogen-bond acceptors (Lipinski definition) is 3. The molecular formula is C28H25ClN2O2. The zero-order valence-corrected chi connectivity index (χ0v) is 19.2. The molecule has 0 amide bonds. The number of benzene rings is 2. The molecule has 4 aromatic rings. The van der Waals surface area contributed by atoms with E-state index in [0.717, 1.165) is 35.9 Å². The van der Waals surface area contributed by atoms with Crippen LogP contribution in [0.4, 0.5) is 0 Å². The fraction of sp³-hybridized carbons (Fsp3) is 0.143. The van der Waals surface area contributed by atoms with Crippen molar-refractivity contribution in [1.82, 2.24) is 10.1 Å². The Morgan fingerprint density at radius 3 is 2.67 bits per heavy atom. The number of aromatic nitrogens is 2. The van der Waals surface area contributed by atoms with Gasteiger partial charge in [-0.2, -0.15) is 0 Å². The number of hydrogen-bond donors (Lipinski definition) is 1. The number of halogens is 1. The highest BCUT2D eigenvalue weighted by Crippen LogP contribution is 2.23. The lowest BCUT2D eigenvalue weighted by atomic mass is 10.1. The molecule has 2 heterocycles. The van der Waals surface area contributed by atoms with Crippen molar-refractivity contribution in [3.05, 3.63) is 123 Å². The van der Waals surface area contributed by atoms with Crippen LogP contribution in [0.5, 0.6) is 0 Å². The second kappa shape index (κ2) is 10.8. The standard InChI is InChI=1S/C21H17ClN2O2.C7H8/c22-16-8-10-19-15(11-16)12-18(21(25)23-19)20-13-17(24-26-20)9-7-14-5-3-1-2-4-6-14;1-7-5-3-2-4-6-7/h1-3,5-6,8,10-13H,4,7,9H2,(H,23,25);2-6H,1H3. The molecule has 1 aliphatic carbocycles. The maximum absolute atomic E-state index is 12.4. The first-order valence-electron chi connectivity index (χ1n) is 10.9. The van der Waals surface area contributed by atoms with E-state index in [1.165, 1.54) is 11.1 Å². The average molecular weight is 457 g/mol. The summed E-state index contributed by atoms with van der Waals surface area (Å²) in [6, 6.07) is 19.2. The summed E-state index contributed by atoms with van der Waals surface area (Å²) >= 11 is 6.04. The Balaban J connectivity index is 0.000000318. The van der Waals surface area contributed by atoms with Gasteiger partial charge in [-0.25, -0.2) is 0 Å². The molecule has 0 unspecified atom stereocenters. The second-order valence-corrected chi connectivity index (χ2v) is 8.32. The summed E-state index contributed by atoms with van der Waals surface area (Å²) in [5.41, 5.74) is 4.42. The quantitative estimate of drug-likeness (QED) is 0.353. The van der Waals surface area contributed by atoms with E-state index < -0.39 is 0 Å². The maximum Gasteiger partial charge on any atom is 0.259 e. The number of allylic oxidation sites excluding steroid dienone is 6. The lowest BCUT2D eigenvalue weighted by Gasteiger charge is -2.01. The van der Waals surface area contributed by atoms with Crippen LogP contribution in [0.3, 0.4) is 0 Å². The number of rotatable bonds is 4. The van der Waals surface area contributed by atoms with Gasteiger partial charge in [0, 0.05) is 22.0 Å². The summed E-state index contributed by atoms with van der Waals surface area (Å²) in [7, 11) is 0. The molecule has 1 N–H and O–H groups in total. The van der Waals surface area contributed by atoms with Crippen LogP contribution < -0.4 is 5.56 Å². The number of fused-ring (bicyclic) bond motifs is 1. The minimum atomic E-state index is -0.206. The third-order valence-electron chi connectivity index (χ3n) is 5.31. The molecule has 0 saturated heterocycles. The van der Waals surface area contributed by atoms with Crippen LogP contribution in [-0.2, 0) is 6.42 Å². The first-order chi connectivity index (χ1) is 16.1. The van der Waals surface area contributed by atoms with Crippen LogP contribution in [0.25, 0.3) is 22.2 Å². The predicted octanol–water partition coefficient (Wildman–Crippen LogP) is 7.21. The topological polar surface area (TPSA) is 58.9 Å². The predicted molar refractivity (Wildman–Crippen MR) is 136 cm³/mol. The minimum Gasteiger partial charge on any atom is -0.356 e. The molecule has 0 bridgehead atoms. The van der Waals surface area contributed by atoms with Crippen molar-refractivity contribution in [3.8, 4) is 11.3 Å². The Morgan fingerprint density at radius 2 is 1.88 bits per heavy atom. The van der Waals surface area contributed by atoms with Gasteiger partial charge in [-0.3, -0.25) is 4.79 Å². The average Bonchev–Trinajstić information content (AvgIpc) is 3.13. The van der Waals surface area contributed by atoms with E-state index in [4.69, 9.17) is 16.1 Å². The molecule has 1 aliphatic rings. The summed E-state index contributed by atoms with van der Waals surface area (Å²) in [4.78, 5) is 15.2. The van der Waals surface area contributed by atoms with Gasteiger partial charge in [0.15, 0.2) is 5.76 Å². The largest absolute Gasteiger partial charge is 0.356 e. The lowest BCUT2D eigenvalue weighted by molar-refractivity contribution is 0.423. The summed E-state index contributed by atoms with van der Waals surface area (Å²) < 4.78 is 5.42. The Bertz CT molecular complexity index is 1380. The van der Waals surface area contributed by atoms with Crippen molar-refractivity contribution >= 4 is 22.5 Å². The summed E-state index contributed by atoms with van der Waals surface area (Å²) in [6.07, 6.45) is 13.1. The number of aromatic amines is 1. The smallest absolute Gasteiger partial charge is 0.259 e. The first kappa shape index (κ1) is 22.6. The van der Waals surface area contributed by atoms with Crippen LogP contribution in [0, 0.1) is 6.92 Å². The highest BCUT2D eigenvalue weighted by atomic mass is 35.5. The molecule has 4 nitrogen and oxygen atoms in total. The van der Waals surface area contributed by atoms with Crippen molar-refractivity contribution in [2.45, 2.75) is 26.2 Å². The van der Waals surface area contributed by atoms with Crippen molar-refractivity contribution < 1.29 is 4.52 Å². The zero-order valence-electron chi connectivity index (χ0n) is 18.4. The number of nitrogens with zero attached hydrogens (tertiary/aromatic N) is 1. The summed E-state index contributed by atoms with van der Waals surface area (Å²) in [5, 5.41) is 5.59. The van der Waals surface area contributed by atoms with Gasteiger partial charge in [0.1, 0.15) is 0 Å². The van der Waals surface area contributed by atoms with E-state index in [0.29, 0.717) is 16.3 Å². The SMILES string of the molecule is Cc1ccccc1.O=c1[nH]c2ccc(Cl)cc2cc1-c1cc(CCC2=CCC=CC=C2)no1. The third-order valence-corrected chi connectivity index (χ3v) is 5.55. The molecule has 5 rings (SSSR count). The molecule has 0 atom stereocenters. The van der Waals surface area contributed by atoms with Crippen LogP contribution in [0.15, 0.2) is 106 Å². The Kier molecular flexibility index (Phi) is 7.38. The Hall–Kier alpha value is -3.63. The molecule has 0 fully saturated rings. The summed E-state index contributed by atoms with van der Waals surface area (Å²) in [5.74, 6) is 0.468. The molecule has 2 aromatic carbocycles. The van der Waals surface area contributed by atoms with Crippen LogP contribution >= 0.6 is 11.6 Å². The molecule has 0 saturated carbocycles. The van der Waals surface area contributed by atoms with Crippen LogP contribution in [0.1, 0.15) is 24.1 Å². The molecule has 5 heteroatoms. The van der Waals surface area contributed by atoms with Gasteiger partial charge in [-0.1, -0.05) is 88.6 Å². The lowest BCUT2D eigenvalue weighted by Crippen LogP contribution is -2.08. The highest BCUT2D eigenvalue weighted by molar-refractivity contribution is 6.31. The molecule has 33 heavy (non-hydrogen) atoms. The number of aryl methyl sites for hydroxylation is 2. The van der Waals surface area contributed by atoms with Gasteiger partial charge in [-0.15, -0.1) is 0 Å². The van der Waals surface area contributed by atoms with E-state index in [2.05, 4.69) is 53.5 Å². The van der Waals surface area contributed by atoms with E-state index in [1.54, 1.807) is 18.2 Å². The van der Waals surface area contributed by atoms with Crippen LogP contribution in [-0.4, -0.2) is 10.1 Å². The van der Waals surface area contributed by atoms with Crippen molar-refractivity contribution in [2.75, 3.05) is 0 Å². The van der Waals surface area contributed by atoms with Gasteiger partial charge >= 0.3 is 0 Å². The van der Waals surface area contributed by atoms with Gasteiger partial charge in [0.25, 0.3) is 5.56 Å². The van der Waals surface area contributed by atoms with E-state index in [9.17, 15) is 4.79 Å². The van der Waals surface area contributed by atoms with E-state index in [1.807, 2.05) is 36.4 Å². The summed E-state index contributed by atoms with van der Waals surface area (Å²) in [6.45, 7) is 2.08. The first-order valence-corrected chi connectivity index (χ1v) is 11.3. The normalized spacial score (nSPS) is 12.7. The molecule has 2 aromatic heterocycles. The van der Waals surface area contributed by atoms with Gasteiger partial charge in [0.05, 0.1) is 11.3 Å². The zero-order chi connectivity index (χ0) is 23.0. The van der Waals surface area contributed by atoms with Gasteiger partial charge < -0.3 is 9.51 Å². The minimum absolute atomic E-state index is 0.206. The van der Waals surface area contributed by atoms with E-state index in [-0.39, 0.29) is 5.56 Å². The van der Waals surface area contributed by atoms with Crippen molar-refractivity contribution in [2.24, 2.45) is 0 Å². The molecular weight excluding hydrogens is 432 g/mol. The number of nitrogens with one attached hydrogen (secondary N) is 1.